The van der Waals surface area contributed by atoms with Crippen molar-refractivity contribution in [1.82, 2.24) is 10.6 Å². The molecule has 1 aromatic rings. The highest BCUT2D eigenvalue weighted by molar-refractivity contribution is 5.73. The van der Waals surface area contributed by atoms with Crippen molar-refractivity contribution < 1.29 is 9.53 Å². The molecule has 0 saturated heterocycles. The number of amides is 2. The highest BCUT2D eigenvalue weighted by atomic mass is 16.5. The molecule has 0 spiro atoms. The summed E-state index contributed by atoms with van der Waals surface area (Å²) < 4.78 is 5.39. The zero-order chi connectivity index (χ0) is 13.9. The molecule has 0 aliphatic carbocycles. The molecule has 106 valence electrons. The van der Waals surface area contributed by atoms with E-state index in [4.69, 9.17) is 4.74 Å². The molecule has 2 amide bonds. The van der Waals surface area contributed by atoms with Gasteiger partial charge >= 0.3 is 6.03 Å². The second-order valence-corrected chi connectivity index (χ2v) is 4.69. The number of hydrogen-bond donors (Lipinski definition) is 2. The van der Waals surface area contributed by atoms with E-state index in [1.807, 2.05) is 32.0 Å². The van der Waals surface area contributed by atoms with Crippen LogP contribution in [0, 0.1) is 0 Å². The maximum absolute atomic E-state index is 11.5. The summed E-state index contributed by atoms with van der Waals surface area (Å²) in [5, 5.41) is 5.65. The molecule has 0 aliphatic rings. The first-order valence-electron chi connectivity index (χ1n) is 6.85. The number of nitrogens with one attached hydrogen (secondary N) is 2. The average molecular weight is 264 g/mol. The van der Waals surface area contributed by atoms with Gasteiger partial charge in [-0.05, 0) is 32.3 Å². The van der Waals surface area contributed by atoms with E-state index >= 15 is 0 Å². The largest absolute Gasteiger partial charge is 0.379 e. The molecule has 0 atom stereocenters. The van der Waals surface area contributed by atoms with Gasteiger partial charge in [0.1, 0.15) is 0 Å². The molecule has 4 nitrogen and oxygen atoms in total. The van der Waals surface area contributed by atoms with Crippen LogP contribution in [0.4, 0.5) is 4.79 Å². The van der Waals surface area contributed by atoms with Gasteiger partial charge in [-0.1, -0.05) is 30.3 Å². The topological polar surface area (TPSA) is 50.4 Å². The Kier molecular flexibility index (Phi) is 7.66. The zero-order valence-corrected chi connectivity index (χ0v) is 11.8. The summed E-state index contributed by atoms with van der Waals surface area (Å²) in [6, 6.07) is 10.0. The Morgan fingerprint density at radius 1 is 1.16 bits per heavy atom. The molecule has 1 rings (SSSR count). The minimum atomic E-state index is -0.111. The number of urea groups is 1. The Bertz CT molecular complexity index is 352. The smallest absolute Gasteiger partial charge is 0.314 e. The van der Waals surface area contributed by atoms with Crippen molar-refractivity contribution in [3.63, 3.8) is 0 Å². The van der Waals surface area contributed by atoms with E-state index in [1.54, 1.807) is 0 Å². The molecule has 0 fully saturated rings. The van der Waals surface area contributed by atoms with Crippen LogP contribution in [-0.2, 0) is 11.2 Å². The monoisotopic (exact) mass is 264 g/mol. The third-order valence-electron chi connectivity index (χ3n) is 2.60. The minimum absolute atomic E-state index is 0.111. The highest BCUT2D eigenvalue weighted by Gasteiger charge is 1.99. The van der Waals surface area contributed by atoms with Crippen LogP contribution in [0.2, 0.25) is 0 Å². The van der Waals surface area contributed by atoms with E-state index in [1.165, 1.54) is 5.56 Å². The summed E-state index contributed by atoms with van der Waals surface area (Å²) in [7, 11) is 0. The number of carbonyl (C=O) groups is 1. The fourth-order valence-corrected chi connectivity index (χ4v) is 1.62. The third-order valence-corrected chi connectivity index (χ3v) is 2.60. The van der Waals surface area contributed by atoms with Gasteiger partial charge in [0.05, 0.1) is 6.10 Å². The van der Waals surface area contributed by atoms with Gasteiger partial charge in [-0.3, -0.25) is 0 Å². The predicted octanol–water partition coefficient (Wildman–Crippen LogP) is 2.34. The Morgan fingerprint density at radius 3 is 2.53 bits per heavy atom. The van der Waals surface area contributed by atoms with Crippen LogP contribution in [0.5, 0.6) is 0 Å². The average Bonchev–Trinajstić information content (AvgIpc) is 2.39. The van der Waals surface area contributed by atoms with Gasteiger partial charge in [0, 0.05) is 19.7 Å². The lowest BCUT2D eigenvalue weighted by atomic mass is 10.1. The van der Waals surface area contributed by atoms with Crippen LogP contribution >= 0.6 is 0 Å². The zero-order valence-electron chi connectivity index (χ0n) is 11.8. The second-order valence-electron chi connectivity index (χ2n) is 4.69. The molecule has 1 aromatic carbocycles. The first kappa shape index (κ1) is 15.5. The van der Waals surface area contributed by atoms with Crippen molar-refractivity contribution in [3.05, 3.63) is 35.9 Å². The molecule has 4 heteroatoms. The van der Waals surface area contributed by atoms with E-state index < -0.39 is 0 Å². The summed E-state index contributed by atoms with van der Waals surface area (Å²) in [5.41, 5.74) is 1.23. The molecule has 0 aliphatic heterocycles. The van der Waals surface area contributed by atoms with Crippen LogP contribution in [0.3, 0.4) is 0 Å². The molecule has 0 saturated carbocycles. The fraction of sp³-hybridized carbons (Fsp3) is 0.533. The summed E-state index contributed by atoms with van der Waals surface area (Å²) in [4.78, 5) is 11.5. The van der Waals surface area contributed by atoms with Crippen LogP contribution in [0.1, 0.15) is 25.8 Å². The first-order valence-corrected chi connectivity index (χ1v) is 6.85. The van der Waals surface area contributed by atoms with Crippen molar-refractivity contribution in [2.45, 2.75) is 32.8 Å². The number of hydrogen-bond acceptors (Lipinski definition) is 2. The molecule has 0 unspecified atom stereocenters. The SMILES string of the molecule is CC(C)OCCCNC(=O)NCCc1ccccc1. The lowest BCUT2D eigenvalue weighted by Gasteiger charge is -2.09. The second kappa shape index (κ2) is 9.39. The summed E-state index contributed by atoms with van der Waals surface area (Å²) in [5.74, 6) is 0. The van der Waals surface area contributed by atoms with Gasteiger partial charge in [-0.25, -0.2) is 4.79 Å². The van der Waals surface area contributed by atoms with Crippen molar-refractivity contribution in [2.75, 3.05) is 19.7 Å². The number of ether oxygens (including phenoxy) is 1. The molecule has 0 aromatic heterocycles. The van der Waals surface area contributed by atoms with E-state index in [0.29, 0.717) is 19.7 Å². The van der Waals surface area contributed by atoms with E-state index in [0.717, 1.165) is 12.8 Å². The highest BCUT2D eigenvalue weighted by Crippen LogP contribution is 1.97. The minimum Gasteiger partial charge on any atom is -0.379 e. The van der Waals surface area contributed by atoms with Gasteiger partial charge in [-0.15, -0.1) is 0 Å². The number of benzene rings is 1. The standard InChI is InChI=1S/C15H24N2O2/c1-13(2)19-12-6-10-16-15(18)17-11-9-14-7-4-3-5-8-14/h3-5,7-8,13H,6,9-12H2,1-2H3,(H2,16,17,18). The first-order chi connectivity index (χ1) is 9.18. The van der Waals surface area contributed by atoms with Crippen LogP contribution in [-0.4, -0.2) is 31.8 Å². The Hall–Kier alpha value is -1.55. The van der Waals surface area contributed by atoms with Crippen molar-refractivity contribution in [1.29, 1.82) is 0 Å². The van der Waals surface area contributed by atoms with Crippen LogP contribution < -0.4 is 10.6 Å². The molecule has 2 N–H and O–H groups in total. The Morgan fingerprint density at radius 2 is 1.84 bits per heavy atom. The summed E-state index contributed by atoms with van der Waals surface area (Å²) >= 11 is 0. The quantitative estimate of drug-likeness (QED) is 0.708. The maximum atomic E-state index is 11.5. The molecule has 0 bridgehead atoms. The van der Waals surface area contributed by atoms with E-state index in [9.17, 15) is 4.79 Å². The van der Waals surface area contributed by atoms with Crippen LogP contribution in [0.15, 0.2) is 30.3 Å². The maximum Gasteiger partial charge on any atom is 0.314 e. The van der Waals surface area contributed by atoms with Gasteiger partial charge < -0.3 is 15.4 Å². The van der Waals surface area contributed by atoms with Crippen molar-refractivity contribution >= 4 is 6.03 Å². The van der Waals surface area contributed by atoms with E-state index in [2.05, 4.69) is 22.8 Å². The fourth-order valence-electron chi connectivity index (χ4n) is 1.62. The van der Waals surface area contributed by atoms with E-state index in [-0.39, 0.29) is 12.1 Å². The number of rotatable bonds is 8. The molecular weight excluding hydrogens is 240 g/mol. The molecular formula is C15H24N2O2. The third kappa shape index (κ3) is 8.21. The van der Waals surface area contributed by atoms with Gasteiger partial charge in [-0.2, -0.15) is 0 Å². The van der Waals surface area contributed by atoms with Gasteiger partial charge in [0.15, 0.2) is 0 Å². The summed E-state index contributed by atoms with van der Waals surface area (Å²) in [6.07, 6.45) is 1.94. The Balaban J connectivity index is 1.99. The van der Waals surface area contributed by atoms with Gasteiger partial charge in [0.25, 0.3) is 0 Å². The Labute approximate surface area is 115 Å². The molecule has 0 heterocycles. The van der Waals surface area contributed by atoms with Crippen molar-refractivity contribution in [2.24, 2.45) is 0 Å². The lowest BCUT2D eigenvalue weighted by Crippen LogP contribution is -2.37. The predicted molar refractivity (Wildman–Crippen MR) is 77.3 cm³/mol. The lowest BCUT2D eigenvalue weighted by molar-refractivity contribution is 0.0774. The number of carbonyl (C=O) groups excluding carboxylic acids is 1. The van der Waals surface area contributed by atoms with Gasteiger partial charge in [0.2, 0.25) is 0 Å². The summed E-state index contributed by atoms with van der Waals surface area (Å²) in [6.45, 7) is 5.98. The molecule has 0 radical (unpaired) electrons. The van der Waals surface area contributed by atoms with Crippen molar-refractivity contribution in [3.8, 4) is 0 Å². The molecule has 19 heavy (non-hydrogen) atoms. The van der Waals surface area contributed by atoms with Crippen LogP contribution in [0.25, 0.3) is 0 Å². The normalized spacial score (nSPS) is 10.5.